The summed E-state index contributed by atoms with van der Waals surface area (Å²) in [6, 6.07) is 6.95. The third-order valence-corrected chi connectivity index (χ3v) is 11.1. The predicted octanol–water partition coefficient (Wildman–Crippen LogP) is 1.31. The molecule has 0 radical (unpaired) electrons. The van der Waals surface area contributed by atoms with Gasteiger partial charge >= 0.3 is 24.3 Å². The van der Waals surface area contributed by atoms with Gasteiger partial charge in [0.15, 0.2) is 5.96 Å². The van der Waals surface area contributed by atoms with Gasteiger partial charge in [0.1, 0.15) is 46.7 Å². The second kappa shape index (κ2) is 28.6. The monoisotopic (exact) mass is 1100 g/mol. The molecule has 2 aliphatic rings. The fourth-order valence-electron chi connectivity index (χ4n) is 7.51. The van der Waals surface area contributed by atoms with Crippen LogP contribution < -0.4 is 69.5 Å². The summed E-state index contributed by atoms with van der Waals surface area (Å²) in [5.74, 6) is -5.99. The van der Waals surface area contributed by atoms with Crippen LogP contribution in [0.15, 0.2) is 71.5 Å². The van der Waals surface area contributed by atoms with E-state index in [9.17, 15) is 47.9 Å². The number of aliphatic imine (C=N–C) groups is 1. The Kier molecular flexibility index (Phi) is 22.8. The Bertz CT molecular complexity index is 2590. The van der Waals surface area contributed by atoms with Crippen LogP contribution in [0.5, 0.6) is 0 Å². The van der Waals surface area contributed by atoms with Crippen molar-refractivity contribution in [3.63, 3.8) is 0 Å². The van der Waals surface area contributed by atoms with Gasteiger partial charge in [-0.1, -0.05) is 48.5 Å². The van der Waals surface area contributed by atoms with Crippen LogP contribution in [0.25, 0.3) is 11.1 Å². The molecule has 4 rings (SSSR count). The number of amides is 11. The first-order valence-electron chi connectivity index (χ1n) is 25.7. The van der Waals surface area contributed by atoms with Gasteiger partial charge in [-0.15, -0.1) is 0 Å². The molecule has 14 N–H and O–H groups in total. The molecule has 2 heterocycles. The van der Waals surface area contributed by atoms with Crippen molar-refractivity contribution in [1.29, 1.82) is 0 Å². The second-order valence-electron chi connectivity index (χ2n) is 21.5. The van der Waals surface area contributed by atoms with Crippen LogP contribution in [-0.2, 0) is 43.0 Å². The number of benzene rings is 2. The van der Waals surface area contributed by atoms with Gasteiger partial charge in [-0.3, -0.25) is 33.8 Å². The van der Waals surface area contributed by atoms with Crippen LogP contribution in [0, 0.1) is 0 Å². The summed E-state index contributed by atoms with van der Waals surface area (Å²) >= 11 is 0. The molecule has 2 aromatic carbocycles. The molecule has 0 aliphatic carbocycles. The summed E-state index contributed by atoms with van der Waals surface area (Å²) in [6.45, 7) is 15.0. The highest BCUT2D eigenvalue weighted by atomic mass is 16.6. The van der Waals surface area contributed by atoms with Crippen molar-refractivity contribution in [3.8, 4) is 11.1 Å². The molecule has 2 aromatic rings. The van der Waals surface area contributed by atoms with Crippen LogP contribution in [0.4, 0.5) is 24.9 Å². The van der Waals surface area contributed by atoms with Crippen molar-refractivity contribution < 1.29 is 62.2 Å². The van der Waals surface area contributed by atoms with Crippen LogP contribution in [0.1, 0.15) is 94.9 Å². The molecule has 79 heavy (non-hydrogen) atoms. The van der Waals surface area contributed by atoms with E-state index >= 15 is 0 Å². The lowest BCUT2D eigenvalue weighted by molar-refractivity contribution is -0.133. The standard InChI is InChI=1S/C52H76N14O13/c1-29-40(68)61-35(26-56-38(67)25-31(60-48(75)78-51(5,6)7)19-16-23-55-47(74)77-50(2,3)4)42(70)62-36(28-58-46(73)64-33-21-15-14-20-32(33)30-17-12-11-13-18-30)43(71)66-39(34-22-24-54-45(53)63-34)44(72)57-27-37(41(69)59-29)65-49(76)79-52(8,9)10/h11-15,17-18,20-21,28-29,31,34-35,37,39H,16,19,22-27H2,1-10H3,(H,55,74)(H,56,67)(H,57,72)(H,59,69)(H,60,75)(H,61,68)(H,62,70)(H,65,76)(H,66,71)(H3,53,54,63)(H2,58,64,73)/b36-28-/t29-,31-,34+,35?,37-,39-/m0/s1. The smallest absolute Gasteiger partial charge is 0.408 e. The third kappa shape index (κ3) is 22.8. The average Bonchev–Trinajstić information content (AvgIpc) is 3.34. The van der Waals surface area contributed by atoms with Gasteiger partial charge in [-0.25, -0.2) is 19.2 Å². The Balaban J connectivity index is 1.71. The van der Waals surface area contributed by atoms with Crippen molar-refractivity contribution in [2.45, 2.75) is 148 Å². The average molecular weight is 1110 g/mol. The first-order valence-corrected chi connectivity index (χ1v) is 25.7. The van der Waals surface area contributed by atoms with E-state index < -0.39 is 138 Å². The topological polar surface area (TPSA) is 381 Å². The zero-order valence-electron chi connectivity index (χ0n) is 46.2. The lowest BCUT2D eigenvalue weighted by Crippen LogP contribution is -2.64. The van der Waals surface area contributed by atoms with Crippen LogP contribution >= 0.6 is 0 Å². The van der Waals surface area contributed by atoms with Gasteiger partial charge in [0.05, 0.1) is 11.7 Å². The highest BCUT2D eigenvalue weighted by Crippen LogP contribution is 2.27. The number of alkyl carbamates (subject to hydrolysis) is 3. The highest BCUT2D eigenvalue weighted by Gasteiger charge is 2.36. The molecule has 6 atom stereocenters. The summed E-state index contributed by atoms with van der Waals surface area (Å²) in [6.07, 6.45) is -1.59. The number of para-hydroxylation sites is 1. The molecule has 27 nitrogen and oxygen atoms in total. The Morgan fingerprint density at radius 3 is 2.04 bits per heavy atom. The molecule has 2 aliphatic heterocycles. The Morgan fingerprint density at radius 1 is 0.747 bits per heavy atom. The Morgan fingerprint density at radius 2 is 1.38 bits per heavy atom. The quantitative estimate of drug-likeness (QED) is 0.0721. The predicted molar refractivity (Wildman–Crippen MR) is 290 cm³/mol. The largest absolute Gasteiger partial charge is 0.444 e. The number of nitrogens with zero attached hydrogens (tertiary/aromatic N) is 1. The molecular weight excluding hydrogens is 1030 g/mol. The number of anilines is 1. The number of ether oxygens (including phenoxy) is 3. The fraction of sp³-hybridized carbons (Fsp3) is 0.519. The van der Waals surface area contributed by atoms with Crippen molar-refractivity contribution in [2.75, 3.05) is 31.5 Å². The van der Waals surface area contributed by atoms with E-state index in [0.717, 1.165) is 11.8 Å². The van der Waals surface area contributed by atoms with E-state index in [1.807, 2.05) is 30.3 Å². The molecule has 27 heteroatoms. The molecule has 0 spiro atoms. The minimum Gasteiger partial charge on any atom is -0.444 e. The summed E-state index contributed by atoms with van der Waals surface area (Å²) in [5.41, 5.74) is 4.44. The summed E-state index contributed by atoms with van der Waals surface area (Å²) in [5, 5.41) is 30.7. The number of carbonyl (C=O) groups excluding carboxylic acids is 10. The molecule has 0 saturated carbocycles. The van der Waals surface area contributed by atoms with Crippen LogP contribution in [-0.4, -0.2) is 145 Å². The molecule has 432 valence electrons. The Hall–Kier alpha value is -8.65. The lowest BCUT2D eigenvalue weighted by atomic mass is 10.0. The maximum absolute atomic E-state index is 14.5. The van der Waals surface area contributed by atoms with E-state index in [-0.39, 0.29) is 38.3 Å². The van der Waals surface area contributed by atoms with Crippen LogP contribution in [0.3, 0.4) is 0 Å². The molecule has 1 saturated heterocycles. The summed E-state index contributed by atoms with van der Waals surface area (Å²) in [7, 11) is 0. The third-order valence-electron chi connectivity index (χ3n) is 11.1. The van der Waals surface area contributed by atoms with E-state index in [0.29, 0.717) is 11.3 Å². The number of rotatable bonds is 14. The van der Waals surface area contributed by atoms with E-state index in [4.69, 9.17) is 19.9 Å². The highest BCUT2D eigenvalue weighted by molar-refractivity contribution is 6.03. The number of urea groups is 1. The number of carbonyl (C=O) groups is 10. The minimum atomic E-state index is -1.76. The Labute approximate surface area is 458 Å². The number of nitrogens with two attached hydrogens (primary N) is 1. The first kappa shape index (κ1) is 62.9. The zero-order chi connectivity index (χ0) is 58.7. The summed E-state index contributed by atoms with van der Waals surface area (Å²) in [4.78, 5) is 141. The normalized spacial score (nSPS) is 20.6. The van der Waals surface area contributed by atoms with Crippen molar-refractivity contribution in [1.82, 2.24) is 58.5 Å². The molecule has 1 fully saturated rings. The van der Waals surface area contributed by atoms with Gasteiger partial charge in [0.25, 0.3) is 5.91 Å². The number of nitrogens with one attached hydrogen (secondary N) is 12. The van der Waals surface area contributed by atoms with Gasteiger partial charge < -0.3 is 83.7 Å². The lowest BCUT2D eigenvalue weighted by Gasteiger charge is -2.31. The van der Waals surface area contributed by atoms with Gasteiger partial charge in [-0.2, -0.15) is 0 Å². The fourth-order valence-corrected chi connectivity index (χ4v) is 7.51. The molecule has 0 bridgehead atoms. The summed E-state index contributed by atoms with van der Waals surface area (Å²) < 4.78 is 16.1. The maximum Gasteiger partial charge on any atom is 0.408 e. The number of hydrogen-bond acceptors (Lipinski definition) is 16. The SMILES string of the molecule is C[C@@H]1NC(=O)[C@@H](NC(=O)OC(C)(C)C)CNC(=O)[C@H]([C@H]2CCN=C(N)N2)NC(=O)/C(=C/NC(=O)Nc2ccccc2-c2ccccc2)NC(=O)C(CNC(=O)C[C@H](CCCNC(=O)OC(C)(C)C)NC(=O)OC(C)(C)C)NC1=O. The minimum absolute atomic E-state index is 0.0655. The van der Waals surface area contributed by atoms with E-state index in [1.165, 1.54) is 6.92 Å². The van der Waals surface area contributed by atoms with Gasteiger partial charge in [0, 0.05) is 50.4 Å². The number of guanidine groups is 1. The molecule has 1 unspecified atom stereocenters. The van der Waals surface area contributed by atoms with E-state index in [2.05, 4.69) is 68.8 Å². The molecule has 11 amide bonds. The van der Waals surface area contributed by atoms with Crippen LogP contribution in [0.2, 0.25) is 0 Å². The first-order chi connectivity index (χ1) is 36.9. The van der Waals surface area contributed by atoms with Gasteiger partial charge in [-0.05, 0) is 100 Å². The molecular formula is C52H76N14O13. The maximum atomic E-state index is 14.5. The van der Waals surface area contributed by atoms with Gasteiger partial charge in [0.2, 0.25) is 29.5 Å². The van der Waals surface area contributed by atoms with Crippen molar-refractivity contribution in [3.05, 3.63) is 66.5 Å². The molecule has 0 aromatic heterocycles. The second-order valence-corrected chi connectivity index (χ2v) is 21.5. The van der Waals surface area contributed by atoms with Crippen molar-refractivity contribution >= 4 is 71.4 Å². The zero-order valence-corrected chi connectivity index (χ0v) is 46.2. The van der Waals surface area contributed by atoms with E-state index in [1.54, 1.807) is 86.6 Å². The van der Waals surface area contributed by atoms with Crippen molar-refractivity contribution in [2.24, 2.45) is 10.7 Å². The number of hydrogen-bond donors (Lipinski definition) is 13.